The van der Waals surface area contributed by atoms with Gasteiger partial charge in [-0.2, -0.15) is 8.42 Å². The molecule has 4 N–H and O–H groups in total. The molecule has 0 aliphatic heterocycles. The zero-order chi connectivity index (χ0) is 21.8. The van der Waals surface area contributed by atoms with Crippen molar-refractivity contribution >= 4 is 33.1 Å². The topological polar surface area (TPSA) is 192 Å². The van der Waals surface area contributed by atoms with Crippen LogP contribution in [0.4, 0.5) is 17.1 Å². The SMILES string of the molecule is C/C(O)=C(/N=Nc1cc([N+](=O)[O-])cc(S(=O)(=O)O)c1O)C(=O)Nc1ccccc1. The van der Waals surface area contributed by atoms with Gasteiger partial charge < -0.3 is 15.5 Å². The van der Waals surface area contributed by atoms with Crippen LogP contribution in [0.2, 0.25) is 0 Å². The molecule has 0 fully saturated rings. The quantitative estimate of drug-likeness (QED) is 0.136. The Morgan fingerprint density at radius 2 is 1.83 bits per heavy atom. The monoisotopic (exact) mass is 422 g/mol. The van der Waals surface area contributed by atoms with Crippen molar-refractivity contribution in [2.24, 2.45) is 10.2 Å². The minimum absolute atomic E-state index is 0.373. The van der Waals surface area contributed by atoms with Crippen molar-refractivity contribution in [1.29, 1.82) is 0 Å². The van der Waals surface area contributed by atoms with Crippen LogP contribution in [0.5, 0.6) is 5.75 Å². The number of allylic oxidation sites excluding steroid dienone is 1. The van der Waals surface area contributed by atoms with Gasteiger partial charge >= 0.3 is 0 Å². The minimum atomic E-state index is -5.02. The van der Waals surface area contributed by atoms with Crippen LogP contribution in [0.1, 0.15) is 6.92 Å². The largest absolute Gasteiger partial charge is 0.510 e. The van der Waals surface area contributed by atoms with Gasteiger partial charge in [0.1, 0.15) is 16.3 Å². The molecular formula is C16H14N4O8S. The van der Waals surface area contributed by atoms with Gasteiger partial charge in [-0.25, -0.2) is 0 Å². The van der Waals surface area contributed by atoms with Crippen LogP contribution in [-0.4, -0.2) is 34.0 Å². The van der Waals surface area contributed by atoms with Crippen LogP contribution in [-0.2, 0) is 14.9 Å². The molecule has 0 aliphatic rings. The fraction of sp³-hybridized carbons (Fsp3) is 0.0625. The predicted octanol–water partition coefficient (Wildman–Crippen LogP) is 3.06. The number of phenolic OH excluding ortho intramolecular Hbond substituents is 1. The van der Waals surface area contributed by atoms with E-state index in [1.54, 1.807) is 30.3 Å². The predicted molar refractivity (Wildman–Crippen MR) is 99.5 cm³/mol. The Labute approximate surface area is 163 Å². The standard InChI is InChI=1S/C16H14N4O8S/c1-9(21)14(16(23)17-10-5-3-2-4-6-10)19-18-12-7-11(20(24)25)8-13(15(12)22)29(26,27)28/h2-8,21-22H,1H3,(H,17,23)(H,26,27,28)/b14-9-,19-18?. The van der Waals surface area contributed by atoms with E-state index in [1.807, 2.05) is 0 Å². The third-order valence-corrected chi connectivity index (χ3v) is 4.24. The number of rotatable bonds is 6. The second kappa shape index (κ2) is 8.45. The van der Waals surface area contributed by atoms with Crippen molar-refractivity contribution in [3.05, 3.63) is 64.0 Å². The highest BCUT2D eigenvalue weighted by Gasteiger charge is 2.24. The Morgan fingerprint density at radius 1 is 1.21 bits per heavy atom. The lowest BCUT2D eigenvalue weighted by Gasteiger charge is -2.06. The number of para-hydroxylation sites is 1. The number of nitro groups is 1. The highest BCUT2D eigenvalue weighted by molar-refractivity contribution is 7.86. The van der Waals surface area contributed by atoms with Crippen molar-refractivity contribution < 1.29 is 32.9 Å². The summed E-state index contributed by atoms with van der Waals surface area (Å²) in [6.45, 7) is 1.12. The molecule has 0 bridgehead atoms. The lowest BCUT2D eigenvalue weighted by Crippen LogP contribution is -2.14. The maximum absolute atomic E-state index is 12.3. The van der Waals surface area contributed by atoms with Crippen LogP contribution >= 0.6 is 0 Å². The van der Waals surface area contributed by atoms with Gasteiger partial charge in [0.05, 0.1) is 4.92 Å². The number of azo groups is 1. The molecule has 0 heterocycles. The van der Waals surface area contributed by atoms with Gasteiger partial charge in [0.2, 0.25) is 0 Å². The summed E-state index contributed by atoms with van der Waals surface area (Å²) in [5.41, 5.74) is -1.77. The summed E-state index contributed by atoms with van der Waals surface area (Å²) in [6.07, 6.45) is 0. The number of nitrogens with zero attached hydrogens (tertiary/aromatic N) is 3. The van der Waals surface area contributed by atoms with Gasteiger partial charge in [0.25, 0.3) is 21.7 Å². The molecule has 1 amide bonds. The van der Waals surface area contributed by atoms with Crippen LogP contribution in [0, 0.1) is 10.1 Å². The molecule has 2 rings (SSSR count). The Balaban J connectivity index is 2.47. The van der Waals surface area contributed by atoms with Crippen molar-refractivity contribution in [2.75, 3.05) is 5.32 Å². The Morgan fingerprint density at radius 3 is 2.34 bits per heavy atom. The number of hydrogen-bond donors (Lipinski definition) is 4. The summed E-state index contributed by atoms with van der Waals surface area (Å²) in [4.78, 5) is 21.1. The number of non-ortho nitro benzene ring substituents is 1. The van der Waals surface area contributed by atoms with E-state index >= 15 is 0 Å². The van der Waals surface area contributed by atoms with Crippen molar-refractivity contribution in [2.45, 2.75) is 11.8 Å². The first-order chi connectivity index (χ1) is 13.5. The van der Waals surface area contributed by atoms with E-state index in [1.165, 1.54) is 0 Å². The number of aliphatic hydroxyl groups is 1. The zero-order valence-corrected chi connectivity index (χ0v) is 15.5. The summed E-state index contributed by atoms with van der Waals surface area (Å²) >= 11 is 0. The first kappa shape index (κ1) is 21.5. The van der Waals surface area contributed by atoms with E-state index in [2.05, 4.69) is 15.5 Å². The van der Waals surface area contributed by atoms with E-state index in [0.717, 1.165) is 6.92 Å². The third kappa shape index (κ3) is 5.33. The molecule has 0 aromatic heterocycles. The average Bonchev–Trinajstić information content (AvgIpc) is 2.62. The summed E-state index contributed by atoms with van der Waals surface area (Å²) < 4.78 is 31.8. The number of benzene rings is 2. The van der Waals surface area contributed by atoms with E-state index in [0.29, 0.717) is 17.8 Å². The molecule has 0 saturated heterocycles. The Kier molecular flexibility index (Phi) is 6.25. The Bertz CT molecular complexity index is 1120. The minimum Gasteiger partial charge on any atom is -0.510 e. The average molecular weight is 422 g/mol. The molecule has 2 aromatic rings. The van der Waals surface area contributed by atoms with E-state index in [-0.39, 0.29) is 0 Å². The van der Waals surface area contributed by atoms with Crippen LogP contribution in [0.3, 0.4) is 0 Å². The van der Waals surface area contributed by atoms with Crippen molar-refractivity contribution in [3.8, 4) is 5.75 Å². The highest BCUT2D eigenvalue weighted by Crippen LogP contribution is 2.38. The number of carbonyl (C=O) groups is 1. The normalized spacial score (nSPS) is 12.5. The Hall–Kier alpha value is -3.84. The number of aliphatic hydroxyl groups excluding tert-OH is 1. The van der Waals surface area contributed by atoms with E-state index in [9.17, 15) is 33.5 Å². The zero-order valence-electron chi connectivity index (χ0n) is 14.7. The van der Waals surface area contributed by atoms with Crippen molar-refractivity contribution in [3.63, 3.8) is 0 Å². The molecular weight excluding hydrogens is 408 g/mol. The summed E-state index contributed by atoms with van der Waals surface area (Å²) in [5.74, 6) is -2.58. The van der Waals surface area contributed by atoms with E-state index in [4.69, 9.17) is 4.55 Å². The number of amides is 1. The van der Waals surface area contributed by atoms with Gasteiger partial charge in [0, 0.05) is 17.8 Å². The van der Waals surface area contributed by atoms with Crippen LogP contribution in [0.15, 0.2) is 69.0 Å². The summed E-state index contributed by atoms with van der Waals surface area (Å²) in [7, 11) is -5.02. The molecule has 0 aliphatic carbocycles. The van der Waals surface area contributed by atoms with Gasteiger partial charge in [-0.15, -0.1) is 10.2 Å². The number of nitrogens with one attached hydrogen (secondary N) is 1. The highest BCUT2D eigenvalue weighted by atomic mass is 32.2. The molecule has 152 valence electrons. The van der Waals surface area contributed by atoms with E-state index < -0.39 is 54.4 Å². The number of phenols is 1. The number of nitro benzene ring substituents is 1. The van der Waals surface area contributed by atoms with Gasteiger partial charge in [0.15, 0.2) is 11.4 Å². The molecule has 0 unspecified atom stereocenters. The maximum Gasteiger partial charge on any atom is 0.298 e. The third-order valence-electron chi connectivity index (χ3n) is 3.38. The van der Waals surface area contributed by atoms with Gasteiger partial charge in [-0.3, -0.25) is 19.5 Å². The molecule has 0 radical (unpaired) electrons. The maximum atomic E-state index is 12.3. The smallest absolute Gasteiger partial charge is 0.298 e. The summed E-state index contributed by atoms with van der Waals surface area (Å²) in [6, 6.07) is 9.22. The number of aromatic hydroxyl groups is 1. The lowest BCUT2D eigenvalue weighted by atomic mass is 10.2. The fourth-order valence-corrected chi connectivity index (χ4v) is 2.67. The fourth-order valence-electron chi connectivity index (χ4n) is 2.05. The van der Waals surface area contributed by atoms with Gasteiger partial charge in [-0.05, 0) is 19.1 Å². The molecule has 13 heteroatoms. The first-order valence-electron chi connectivity index (χ1n) is 7.67. The second-order valence-corrected chi connectivity index (χ2v) is 6.89. The van der Waals surface area contributed by atoms with Gasteiger partial charge in [-0.1, -0.05) is 18.2 Å². The summed E-state index contributed by atoms with van der Waals surface area (Å²) in [5, 5.41) is 39.9. The first-order valence-corrected chi connectivity index (χ1v) is 9.11. The van der Waals surface area contributed by atoms with Crippen LogP contribution < -0.4 is 5.32 Å². The number of carbonyl (C=O) groups excluding carboxylic acids is 1. The molecule has 12 nitrogen and oxygen atoms in total. The molecule has 2 aromatic carbocycles. The van der Waals surface area contributed by atoms with Crippen LogP contribution in [0.25, 0.3) is 0 Å². The number of hydrogen-bond acceptors (Lipinski definition) is 9. The second-order valence-electron chi connectivity index (χ2n) is 5.50. The lowest BCUT2D eigenvalue weighted by molar-refractivity contribution is -0.385. The van der Waals surface area contributed by atoms with Crippen molar-refractivity contribution in [1.82, 2.24) is 0 Å². The molecule has 0 spiro atoms. The number of anilines is 1. The molecule has 0 atom stereocenters. The molecule has 29 heavy (non-hydrogen) atoms. The molecule has 0 saturated carbocycles.